The fourth-order valence-corrected chi connectivity index (χ4v) is 2.63. The first-order valence-corrected chi connectivity index (χ1v) is 6.88. The van der Waals surface area contributed by atoms with E-state index in [0.29, 0.717) is 0 Å². The van der Waals surface area contributed by atoms with Crippen molar-refractivity contribution < 1.29 is 4.79 Å². The Morgan fingerprint density at radius 2 is 1.95 bits per heavy atom. The van der Waals surface area contributed by atoms with Gasteiger partial charge in [0.15, 0.2) is 0 Å². The van der Waals surface area contributed by atoms with Crippen molar-refractivity contribution in [3.8, 4) is 11.4 Å². The molecule has 7 heteroatoms. The molecule has 0 bridgehead atoms. The van der Waals surface area contributed by atoms with Crippen LogP contribution in [0.3, 0.4) is 0 Å². The highest BCUT2D eigenvalue weighted by Crippen LogP contribution is 2.26. The van der Waals surface area contributed by atoms with Crippen LogP contribution in [0.5, 0.6) is 0 Å². The van der Waals surface area contributed by atoms with Crippen molar-refractivity contribution in [1.82, 2.24) is 9.97 Å². The lowest BCUT2D eigenvalue weighted by molar-refractivity contribution is -0.119. The predicted molar refractivity (Wildman–Crippen MR) is 92.5 cm³/mol. The van der Waals surface area contributed by atoms with E-state index in [0.717, 1.165) is 36.3 Å². The number of aromatic nitrogens is 2. The number of amides is 1. The van der Waals surface area contributed by atoms with E-state index >= 15 is 0 Å². The van der Waals surface area contributed by atoms with Crippen LogP contribution in [0.2, 0.25) is 0 Å². The Kier molecular flexibility index (Phi) is 6.87. The normalized spacial score (nSPS) is 19.9. The van der Waals surface area contributed by atoms with E-state index in [9.17, 15) is 4.79 Å². The molecular weight excluding hydrogens is 323 g/mol. The minimum atomic E-state index is 0. The summed E-state index contributed by atoms with van der Waals surface area (Å²) in [6.45, 7) is 0. The highest BCUT2D eigenvalue weighted by atomic mass is 35.5. The molecule has 0 radical (unpaired) electrons. The predicted octanol–water partition coefficient (Wildman–Crippen LogP) is 2.99. The smallest absolute Gasteiger partial charge is 0.227 e. The third-order valence-electron chi connectivity index (χ3n) is 3.77. The Morgan fingerprint density at radius 1 is 1.23 bits per heavy atom. The summed E-state index contributed by atoms with van der Waals surface area (Å²) in [5, 5.41) is 2.95. The Labute approximate surface area is 141 Å². The molecule has 2 unspecified atom stereocenters. The van der Waals surface area contributed by atoms with Gasteiger partial charge in [0.1, 0.15) is 5.82 Å². The van der Waals surface area contributed by atoms with Crippen molar-refractivity contribution in [2.24, 2.45) is 11.7 Å². The quantitative estimate of drug-likeness (QED) is 0.801. The second-order valence-electron chi connectivity index (χ2n) is 5.27. The second-order valence-corrected chi connectivity index (χ2v) is 5.27. The van der Waals surface area contributed by atoms with Gasteiger partial charge in [0.2, 0.25) is 5.91 Å². The average molecular weight is 343 g/mol. The number of carbonyl (C=O) groups is 1. The molecule has 1 amide bonds. The van der Waals surface area contributed by atoms with Gasteiger partial charge >= 0.3 is 0 Å². The highest BCUT2D eigenvalue weighted by Gasteiger charge is 2.27. The Hall–Kier alpha value is -1.56. The molecule has 0 aliphatic heterocycles. The molecule has 120 valence electrons. The van der Waals surface area contributed by atoms with Gasteiger partial charge in [-0.15, -0.1) is 24.8 Å². The third-order valence-corrected chi connectivity index (χ3v) is 3.77. The monoisotopic (exact) mass is 342 g/mol. The molecule has 2 atom stereocenters. The number of benzene rings is 1. The summed E-state index contributed by atoms with van der Waals surface area (Å²) in [4.78, 5) is 19.3. The maximum absolute atomic E-state index is 12.1. The summed E-state index contributed by atoms with van der Waals surface area (Å²) in [7, 11) is 0. The fraction of sp³-hybridized carbons (Fsp3) is 0.333. The van der Waals surface area contributed by atoms with Gasteiger partial charge in [-0.2, -0.15) is 0 Å². The van der Waals surface area contributed by atoms with Crippen molar-refractivity contribution in [2.45, 2.75) is 25.3 Å². The van der Waals surface area contributed by atoms with E-state index in [4.69, 9.17) is 5.73 Å². The van der Waals surface area contributed by atoms with Gasteiger partial charge in [0, 0.05) is 35.6 Å². The van der Waals surface area contributed by atoms with E-state index in [1.54, 1.807) is 12.4 Å². The van der Waals surface area contributed by atoms with Crippen molar-refractivity contribution in [3.05, 3.63) is 36.7 Å². The molecule has 1 saturated carbocycles. The molecular formula is C15H20Cl2N4O. The molecule has 1 aliphatic carbocycles. The minimum absolute atomic E-state index is 0. The third kappa shape index (κ3) is 4.22. The average Bonchev–Trinajstić information content (AvgIpc) is 3.10. The van der Waals surface area contributed by atoms with Crippen molar-refractivity contribution in [1.29, 1.82) is 0 Å². The molecule has 2 aromatic rings. The largest absolute Gasteiger partial charge is 0.345 e. The Morgan fingerprint density at radius 3 is 2.50 bits per heavy atom. The maximum atomic E-state index is 12.1. The first-order chi connectivity index (χ1) is 9.72. The number of hydrogen-bond donors (Lipinski definition) is 3. The zero-order valence-electron chi connectivity index (χ0n) is 12.0. The van der Waals surface area contributed by atoms with Crippen LogP contribution in [-0.2, 0) is 4.79 Å². The van der Waals surface area contributed by atoms with Crippen LogP contribution >= 0.6 is 24.8 Å². The van der Waals surface area contributed by atoms with Crippen LogP contribution in [0, 0.1) is 5.92 Å². The van der Waals surface area contributed by atoms with Gasteiger partial charge in [-0.25, -0.2) is 4.98 Å². The van der Waals surface area contributed by atoms with Crippen molar-refractivity contribution in [3.63, 3.8) is 0 Å². The Balaban J connectivity index is 0.00000121. The second kappa shape index (κ2) is 8.17. The van der Waals surface area contributed by atoms with Crippen molar-refractivity contribution >= 4 is 36.4 Å². The Bertz CT molecular complexity index is 586. The number of aromatic amines is 1. The van der Waals surface area contributed by atoms with E-state index in [1.807, 2.05) is 24.3 Å². The summed E-state index contributed by atoms with van der Waals surface area (Å²) in [5.74, 6) is 0.947. The van der Waals surface area contributed by atoms with Gasteiger partial charge in [-0.1, -0.05) is 0 Å². The zero-order valence-corrected chi connectivity index (χ0v) is 13.6. The number of imidazole rings is 1. The van der Waals surface area contributed by atoms with Gasteiger partial charge < -0.3 is 16.0 Å². The lowest BCUT2D eigenvalue weighted by Gasteiger charge is -2.11. The number of nitrogens with two attached hydrogens (primary N) is 1. The minimum Gasteiger partial charge on any atom is -0.345 e. The summed E-state index contributed by atoms with van der Waals surface area (Å²) in [5.41, 5.74) is 7.65. The topological polar surface area (TPSA) is 83.8 Å². The molecule has 1 aromatic carbocycles. The molecule has 1 aliphatic rings. The maximum Gasteiger partial charge on any atom is 0.227 e. The number of nitrogens with zero attached hydrogens (tertiary/aromatic N) is 1. The first kappa shape index (κ1) is 18.5. The number of carbonyl (C=O) groups excluding carboxylic acids is 1. The lowest BCUT2D eigenvalue weighted by Crippen LogP contribution is -2.23. The molecule has 3 rings (SSSR count). The van der Waals surface area contributed by atoms with Crippen LogP contribution in [0.25, 0.3) is 11.4 Å². The van der Waals surface area contributed by atoms with Crippen LogP contribution in [0.1, 0.15) is 19.3 Å². The molecule has 0 saturated heterocycles. The van der Waals surface area contributed by atoms with Crippen LogP contribution in [0.4, 0.5) is 5.69 Å². The van der Waals surface area contributed by atoms with E-state index < -0.39 is 0 Å². The fourth-order valence-electron chi connectivity index (χ4n) is 2.63. The van der Waals surface area contributed by atoms with Gasteiger partial charge in [0.25, 0.3) is 0 Å². The van der Waals surface area contributed by atoms with E-state index in [1.165, 1.54) is 0 Å². The molecule has 4 N–H and O–H groups in total. The van der Waals surface area contributed by atoms with Gasteiger partial charge in [-0.3, -0.25) is 4.79 Å². The van der Waals surface area contributed by atoms with Gasteiger partial charge in [0.05, 0.1) is 0 Å². The molecule has 0 spiro atoms. The van der Waals surface area contributed by atoms with Crippen LogP contribution in [0.15, 0.2) is 36.7 Å². The number of rotatable bonds is 3. The molecule has 5 nitrogen and oxygen atoms in total. The van der Waals surface area contributed by atoms with Crippen LogP contribution < -0.4 is 11.1 Å². The van der Waals surface area contributed by atoms with Gasteiger partial charge in [-0.05, 0) is 43.5 Å². The van der Waals surface area contributed by atoms with E-state index in [-0.39, 0.29) is 42.7 Å². The SMILES string of the molecule is Cl.Cl.NC1CCC(C(=O)Nc2ccc(-c3ncc[nH]3)cc2)C1. The summed E-state index contributed by atoms with van der Waals surface area (Å²) in [6.07, 6.45) is 6.12. The lowest BCUT2D eigenvalue weighted by atomic mass is 10.1. The number of halogens is 2. The molecule has 1 aromatic heterocycles. The van der Waals surface area contributed by atoms with Crippen LogP contribution in [-0.4, -0.2) is 21.9 Å². The molecule has 22 heavy (non-hydrogen) atoms. The first-order valence-electron chi connectivity index (χ1n) is 6.88. The molecule has 1 fully saturated rings. The zero-order chi connectivity index (χ0) is 13.9. The number of H-pyrrole nitrogens is 1. The summed E-state index contributed by atoms with van der Waals surface area (Å²) >= 11 is 0. The van der Waals surface area contributed by atoms with Crippen molar-refractivity contribution in [2.75, 3.05) is 5.32 Å². The summed E-state index contributed by atoms with van der Waals surface area (Å²) < 4.78 is 0. The van der Waals surface area contributed by atoms with E-state index in [2.05, 4.69) is 15.3 Å². The highest BCUT2D eigenvalue weighted by molar-refractivity contribution is 5.93. The summed E-state index contributed by atoms with van der Waals surface area (Å²) in [6, 6.07) is 7.84. The number of hydrogen-bond acceptors (Lipinski definition) is 3. The standard InChI is InChI=1S/C15H18N4O.2ClH/c16-12-4-1-11(9-12)15(20)19-13-5-2-10(3-6-13)14-17-7-8-18-14;;/h2-3,5-8,11-12H,1,4,9,16H2,(H,17,18)(H,19,20);2*1H. The molecule has 1 heterocycles. The number of nitrogens with one attached hydrogen (secondary N) is 2. The number of anilines is 1.